The Kier molecular flexibility index (Phi) is 8.34. The third-order valence-electron chi connectivity index (χ3n) is 4.45. The van der Waals surface area contributed by atoms with E-state index in [0.29, 0.717) is 31.0 Å². The van der Waals surface area contributed by atoms with E-state index in [-0.39, 0.29) is 24.4 Å². The van der Waals surface area contributed by atoms with Crippen LogP contribution < -0.4 is 20.5 Å². The normalized spacial score (nSPS) is 13.9. The highest BCUT2D eigenvalue weighted by atomic mass is 35.5. The maximum absolute atomic E-state index is 12.4. The summed E-state index contributed by atoms with van der Waals surface area (Å²) in [4.78, 5) is 16.7. The monoisotopic (exact) mass is 411 g/mol. The Labute approximate surface area is 169 Å². The fraction of sp³-hybridized carbons (Fsp3) is 0.474. The highest BCUT2D eigenvalue weighted by Crippen LogP contribution is 2.34. The summed E-state index contributed by atoms with van der Waals surface area (Å²) in [5.74, 6) is 1.23. The molecule has 0 radical (unpaired) electrons. The summed E-state index contributed by atoms with van der Waals surface area (Å²) in [5, 5.41) is 5.57. The predicted octanol–water partition coefficient (Wildman–Crippen LogP) is 3.33. The Balaban J connectivity index is 0.00000261. The number of halogens is 1. The van der Waals surface area contributed by atoms with Crippen molar-refractivity contribution < 1.29 is 14.3 Å². The van der Waals surface area contributed by atoms with Gasteiger partial charge in [-0.3, -0.25) is 4.79 Å². The van der Waals surface area contributed by atoms with Gasteiger partial charge in [-0.2, -0.15) is 0 Å². The van der Waals surface area contributed by atoms with Gasteiger partial charge in [-0.05, 0) is 38.3 Å². The van der Waals surface area contributed by atoms with Crippen LogP contribution in [-0.4, -0.2) is 30.6 Å². The van der Waals surface area contributed by atoms with E-state index in [2.05, 4.69) is 10.3 Å². The third kappa shape index (κ3) is 5.57. The minimum atomic E-state index is -0.195. The predicted molar refractivity (Wildman–Crippen MR) is 109 cm³/mol. The lowest BCUT2D eigenvalue weighted by Gasteiger charge is -2.19. The van der Waals surface area contributed by atoms with Crippen molar-refractivity contribution in [3.63, 3.8) is 0 Å². The highest BCUT2D eigenvalue weighted by Gasteiger charge is 2.21. The van der Waals surface area contributed by atoms with Crippen LogP contribution in [0.5, 0.6) is 11.5 Å². The van der Waals surface area contributed by atoms with E-state index in [0.717, 1.165) is 29.2 Å². The number of thiazole rings is 1. The molecule has 8 heteroatoms. The van der Waals surface area contributed by atoms with Gasteiger partial charge in [-0.25, -0.2) is 4.98 Å². The molecule has 1 aromatic carbocycles. The summed E-state index contributed by atoms with van der Waals surface area (Å²) >= 11 is 1.46. The molecule has 1 aliphatic rings. The zero-order valence-electron chi connectivity index (χ0n) is 15.4. The molecule has 0 bridgehead atoms. The van der Waals surface area contributed by atoms with Gasteiger partial charge in [0.2, 0.25) is 0 Å². The number of para-hydroxylation sites is 1. The van der Waals surface area contributed by atoms with Crippen LogP contribution in [0.15, 0.2) is 23.6 Å². The van der Waals surface area contributed by atoms with Crippen molar-refractivity contribution >= 4 is 29.7 Å². The van der Waals surface area contributed by atoms with Crippen LogP contribution in [0.2, 0.25) is 0 Å². The number of methoxy groups -OCH3 is 1. The minimum Gasteiger partial charge on any atom is -0.493 e. The molecule has 0 aliphatic heterocycles. The Bertz CT molecular complexity index is 748. The third-order valence-corrected chi connectivity index (χ3v) is 5.36. The van der Waals surface area contributed by atoms with Crippen LogP contribution in [0.3, 0.4) is 0 Å². The maximum Gasteiger partial charge on any atom is 0.271 e. The van der Waals surface area contributed by atoms with Crippen molar-refractivity contribution in [2.24, 2.45) is 5.73 Å². The van der Waals surface area contributed by atoms with Crippen LogP contribution in [0, 0.1) is 0 Å². The summed E-state index contributed by atoms with van der Waals surface area (Å²) in [5.41, 5.74) is 6.87. The van der Waals surface area contributed by atoms with Crippen molar-refractivity contribution in [3.05, 3.63) is 39.8 Å². The van der Waals surface area contributed by atoms with Crippen molar-refractivity contribution in [3.8, 4) is 11.5 Å². The average molecular weight is 412 g/mol. The topological polar surface area (TPSA) is 86.5 Å². The van der Waals surface area contributed by atoms with Crippen molar-refractivity contribution in [2.75, 3.05) is 13.7 Å². The number of amides is 1. The molecule has 1 aliphatic carbocycles. The van der Waals surface area contributed by atoms with E-state index in [9.17, 15) is 4.79 Å². The number of nitrogens with one attached hydrogen (secondary N) is 1. The summed E-state index contributed by atoms with van der Waals surface area (Å²) in [7, 11) is 1.63. The molecule has 1 heterocycles. The zero-order chi connectivity index (χ0) is 18.4. The SMILES string of the molecule is COc1cccc(CNC(=O)c2csc(CCN)n2)c1OC1CCCC1.Cl. The Morgan fingerprint density at radius 1 is 1.37 bits per heavy atom. The average Bonchev–Trinajstić information content (AvgIpc) is 3.33. The Hall–Kier alpha value is -1.83. The molecule has 1 amide bonds. The summed E-state index contributed by atoms with van der Waals surface area (Å²) in [6.07, 6.45) is 5.42. The number of benzene rings is 1. The van der Waals surface area contributed by atoms with Crippen LogP contribution in [0.4, 0.5) is 0 Å². The first-order chi connectivity index (χ1) is 12.7. The summed E-state index contributed by atoms with van der Waals surface area (Å²) in [6.45, 7) is 0.891. The number of carbonyl (C=O) groups excluding carboxylic acids is 1. The highest BCUT2D eigenvalue weighted by molar-refractivity contribution is 7.09. The molecular formula is C19H26ClN3O3S. The van der Waals surface area contributed by atoms with E-state index >= 15 is 0 Å². The second kappa shape index (κ2) is 10.5. The van der Waals surface area contributed by atoms with E-state index in [1.165, 1.54) is 24.2 Å². The van der Waals surface area contributed by atoms with Crippen LogP contribution in [0.25, 0.3) is 0 Å². The molecule has 148 valence electrons. The fourth-order valence-electron chi connectivity index (χ4n) is 3.09. The lowest BCUT2D eigenvalue weighted by atomic mass is 10.1. The summed E-state index contributed by atoms with van der Waals surface area (Å²) < 4.78 is 11.7. The lowest BCUT2D eigenvalue weighted by Crippen LogP contribution is -2.24. The van der Waals surface area contributed by atoms with Gasteiger partial charge in [-0.1, -0.05) is 12.1 Å². The molecule has 1 aromatic heterocycles. The molecule has 1 saturated carbocycles. The van der Waals surface area contributed by atoms with Gasteiger partial charge in [0.25, 0.3) is 5.91 Å². The largest absolute Gasteiger partial charge is 0.493 e. The number of nitrogens with two attached hydrogens (primary N) is 1. The van der Waals surface area contributed by atoms with Crippen molar-refractivity contribution in [1.82, 2.24) is 10.3 Å². The Morgan fingerprint density at radius 3 is 2.85 bits per heavy atom. The first-order valence-corrected chi connectivity index (χ1v) is 9.84. The number of aromatic nitrogens is 1. The first kappa shape index (κ1) is 21.5. The number of nitrogens with zero attached hydrogens (tertiary/aromatic N) is 1. The number of hydrogen-bond acceptors (Lipinski definition) is 6. The van der Waals surface area contributed by atoms with E-state index in [1.807, 2.05) is 18.2 Å². The van der Waals surface area contributed by atoms with Crippen LogP contribution >= 0.6 is 23.7 Å². The second-order valence-corrected chi connectivity index (χ2v) is 7.26. The standard InChI is InChI=1S/C19H25N3O3S.ClH/c1-24-16-8-4-5-13(18(16)25-14-6-2-3-7-14)11-21-19(23)15-12-26-17(22-15)9-10-20;/h4-5,8,12,14H,2-3,6-7,9-11,20H2,1H3,(H,21,23);1H. The number of carbonyl (C=O) groups is 1. The molecular weight excluding hydrogens is 386 g/mol. The van der Waals surface area contributed by atoms with E-state index in [1.54, 1.807) is 12.5 Å². The van der Waals surface area contributed by atoms with Gasteiger partial charge in [0.15, 0.2) is 11.5 Å². The number of rotatable bonds is 8. The van der Waals surface area contributed by atoms with Crippen molar-refractivity contribution in [2.45, 2.75) is 44.8 Å². The summed E-state index contributed by atoms with van der Waals surface area (Å²) in [6, 6.07) is 5.74. The smallest absolute Gasteiger partial charge is 0.271 e. The quantitative estimate of drug-likeness (QED) is 0.695. The molecule has 3 rings (SSSR count). The molecule has 2 aromatic rings. The van der Waals surface area contributed by atoms with Crippen LogP contribution in [-0.2, 0) is 13.0 Å². The maximum atomic E-state index is 12.4. The van der Waals surface area contributed by atoms with Gasteiger partial charge in [0.05, 0.1) is 18.2 Å². The molecule has 6 nitrogen and oxygen atoms in total. The molecule has 0 unspecified atom stereocenters. The fourth-order valence-corrected chi connectivity index (χ4v) is 3.88. The van der Waals surface area contributed by atoms with Gasteiger partial charge in [0.1, 0.15) is 5.69 Å². The van der Waals surface area contributed by atoms with Crippen LogP contribution in [0.1, 0.15) is 46.7 Å². The van der Waals surface area contributed by atoms with Gasteiger partial charge in [-0.15, -0.1) is 23.7 Å². The number of hydrogen-bond donors (Lipinski definition) is 2. The lowest BCUT2D eigenvalue weighted by molar-refractivity contribution is 0.0945. The first-order valence-electron chi connectivity index (χ1n) is 8.96. The van der Waals surface area contributed by atoms with Gasteiger partial charge >= 0.3 is 0 Å². The molecule has 0 spiro atoms. The molecule has 0 saturated heterocycles. The van der Waals surface area contributed by atoms with E-state index in [4.69, 9.17) is 15.2 Å². The Morgan fingerprint density at radius 2 is 2.15 bits per heavy atom. The van der Waals surface area contributed by atoms with Gasteiger partial charge < -0.3 is 20.5 Å². The molecule has 1 fully saturated rings. The van der Waals surface area contributed by atoms with Crippen molar-refractivity contribution in [1.29, 1.82) is 0 Å². The zero-order valence-corrected chi connectivity index (χ0v) is 17.0. The molecule has 3 N–H and O–H groups in total. The molecule has 0 atom stereocenters. The second-order valence-electron chi connectivity index (χ2n) is 6.32. The van der Waals surface area contributed by atoms with E-state index < -0.39 is 0 Å². The molecule has 27 heavy (non-hydrogen) atoms. The minimum absolute atomic E-state index is 0. The number of ether oxygens (including phenoxy) is 2. The van der Waals surface area contributed by atoms with Gasteiger partial charge in [0, 0.05) is 23.9 Å².